The minimum absolute atomic E-state index is 0.186. The van der Waals surface area contributed by atoms with Gasteiger partial charge in [-0.2, -0.15) is 4.72 Å². The fourth-order valence-electron chi connectivity index (χ4n) is 2.11. The van der Waals surface area contributed by atoms with Gasteiger partial charge in [-0.25, -0.2) is 18.6 Å². The van der Waals surface area contributed by atoms with Gasteiger partial charge in [-0.3, -0.25) is 5.43 Å². The van der Waals surface area contributed by atoms with Gasteiger partial charge in [-0.15, -0.1) is 0 Å². The average Bonchev–Trinajstić information content (AvgIpc) is 2.78. The molecule has 0 spiro atoms. The lowest BCUT2D eigenvalue weighted by Crippen LogP contribution is -2.45. The first-order valence-electron chi connectivity index (χ1n) is 6.46. The number of amides is 1. The molecule has 8 heteroatoms. The molecule has 2 aromatic rings. The minimum atomic E-state index is -3.57. The number of rotatable bonds is 3. The van der Waals surface area contributed by atoms with Crippen molar-refractivity contribution in [3.8, 4) is 5.75 Å². The SMILES string of the molecule is O=C(NNC1NS(=O)(=O)c2ccccc21)Oc1ccccc1. The molecule has 22 heavy (non-hydrogen) atoms. The van der Waals surface area contributed by atoms with E-state index in [4.69, 9.17) is 4.74 Å². The second-order valence-electron chi connectivity index (χ2n) is 4.56. The first-order valence-corrected chi connectivity index (χ1v) is 7.94. The van der Waals surface area contributed by atoms with Crippen molar-refractivity contribution in [2.75, 3.05) is 0 Å². The standard InChI is InChI=1S/C14H13N3O4S/c18-14(21-10-6-2-1-3-7-10)16-15-13-11-8-4-5-9-12(11)22(19,20)17-13/h1-9,13,15,17H,(H,16,18). The summed E-state index contributed by atoms with van der Waals surface area (Å²) in [4.78, 5) is 11.9. The van der Waals surface area contributed by atoms with Crippen molar-refractivity contribution in [1.29, 1.82) is 0 Å². The molecular weight excluding hydrogens is 306 g/mol. The van der Waals surface area contributed by atoms with Crippen LogP contribution in [0, 0.1) is 0 Å². The molecule has 2 aromatic carbocycles. The lowest BCUT2D eigenvalue weighted by atomic mass is 10.2. The number of para-hydroxylation sites is 1. The molecule has 1 unspecified atom stereocenters. The maximum absolute atomic E-state index is 11.9. The molecule has 1 atom stereocenters. The number of sulfonamides is 1. The van der Waals surface area contributed by atoms with Gasteiger partial charge in [0.15, 0.2) is 0 Å². The Balaban J connectivity index is 1.64. The van der Waals surface area contributed by atoms with Crippen LogP contribution in [0.2, 0.25) is 0 Å². The Morgan fingerprint density at radius 3 is 2.50 bits per heavy atom. The van der Waals surface area contributed by atoms with Crippen molar-refractivity contribution in [1.82, 2.24) is 15.6 Å². The number of carbonyl (C=O) groups excluding carboxylic acids is 1. The molecule has 0 radical (unpaired) electrons. The van der Waals surface area contributed by atoms with Gasteiger partial charge in [-0.1, -0.05) is 36.4 Å². The molecule has 1 aliphatic heterocycles. The van der Waals surface area contributed by atoms with E-state index in [1.165, 1.54) is 6.07 Å². The number of hydrogen-bond donors (Lipinski definition) is 3. The Kier molecular flexibility index (Phi) is 3.80. The smallest absolute Gasteiger partial charge is 0.409 e. The number of carbonyl (C=O) groups is 1. The van der Waals surface area contributed by atoms with Crippen molar-refractivity contribution in [3.63, 3.8) is 0 Å². The van der Waals surface area contributed by atoms with E-state index in [0.717, 1.165) is 0 Å². The number of fused-ring (bicyclic) bond motifs is 1. The summed E-state index contributed by atoms with van der Waals surface area (Å²) in [6, 6.07) is 15.1. The van der Waals surface area contributed by atoms with Gasteiger partial charge in [0.25, 0.3) is 0 Å². The molecule has 1 aliphatic rings. The summed E-state index contributed by atoms with van der Waals surface area (Å²) in [6.07, 6.45) is -1.49. The first kappa shape index (κ1) is 14.5. The molecule has 0 saturated carbocycles. The molecule has 1 amide bonds. The van der Waals surface area contributed by atoms with Crippen LogP contribution in [0.5, 0.6) is 5.75 Å². The topological polar surface area (TPSA) is 96.5 Å². The molecule has 0 aromatic heterocycles. The molecule has 0 aliphatic carbocycles. The molecule has 0 saturated heterocycles. The van der Waals surface area contributed by atoms with Gasteiger partial charge in [0.1, 0.15) is 11.9 Å². The van der Waals surface area contributed by atoms with Crippen LogP contribution in [0.25, 0.3) is 0 Å². The van der Waals surface area contributed by atoms with Crippen molar-refractivity contribution in [3.05, 3.63) is 60.2 Å². The van der Waals surface area contributed by atoms with E-state index >= 15 is 0 Å². The number of ether oxygens (including phenoxy) is 1. The molecule has 7 nitrogen and oxygen atoms in total. The van der Waals surface area contributed by atoms with Crippen LogP contribution in [0.3, 0.4) is 0 Å². The summed E-state index contributed by atoms with van der Waals surface area (Å²) in [6.45, 7) is 0. The quantitative estimate of drug-likeness (QED) is 0.740. The number of benzene rings is 2. The summed E-state index contributed by atoms with van der Waals surface area (Å²) in [5.41, 5.74) is 5.44. The summed E-state index contributed by atoms with van der Waals surface area (Å²) >= 11 is 0. The molecule has 1 heterocycles. The highest BCUT2D eigenvalue weighted by Crippen LogP contribution is 2.28. The van der Waals surface area contributed by atoms with E-state index in [1.807, 2.05) is 0 Å². The normalized spacial score (nSPS) is 18.5. The number of nitrogens with one attached hydrogen (secondary N) is 3. The average molecular weight is 319 g/mol. The highest BCUT2D eigenvalue weighted by atomic mass is 32.2. The van der Waals surface area contributed by atoms with Gasteiger partial charge in [0, 0.05) is 5.56 Å². The molecule has 0 fully saturated rings. The van der Waals surface area contributed by atoms with E-state index in [0.29, 0.717) is 11.3 Å². The number of hydrazine groups is 1. The second kappa shape index (κ2) is 5.76. The van der Waals surface area contributed by atoms with E-state index in [-0.39, 0.29) is 4.90 Å². The van der Waals surface area contributed by atoms with Crippen LogP contribution in [-0.2, 0) is 10.0 Å². The zero-order valence-electron chi connectivity index (χ0n) is 11.3. The van der Waals surface area contributed by atoms with E-state index in [1.54, 1.807) is 48.5 Å². The summed E-state index contributed by atoms with van der Waals surface area (Å²) in [7, 11) is -3.57. The minimum Gasteiger partial charge on any atom is -0.409 e. The van der Waals surface area contributed by atoms with E-state index in [2.05, 4.69) is 15.6 Å². The lowest BCUT2D eigenvalue weighted by molar-refractivity contribution is 0.192. The second-order valence-corrected chi connectivity index (χ2v) is 6.25. The molecule has 0 bridgehead atoms. The fourth-order valence-corrected chi connectivity index (χ4v) is 3.48. The van der Waals surface area contributed by atoms with Gasteiger partial charge in [0.05, 0.1) is 4.90 Å². The van der Waals surface area contributed by atoms with Crippen LogP contribution in [0.15, 0.2) is 59.5 Å². The van der Waals surface area contributed by atoms with Gasteiger partial charge in [0.2, 0.25) is 10.0 Å². The van der Waals surface area contributed by atoms with Crippen LogP contribution < -0.4 is 20.3 Å². The summed E-state index contributed by atoms with van der Waals surface area (Å²) in [5, 5.41) is 0. The van der Waals surface area contributed by atoms with E-state index < -0.39 is 22.3 Å². The third kappa shape index (κ3) is 2.93. The van der Waals surface area contributed by atoms with Crippen LogP contribution in [-0.4, -0.2) is 14.5 Å². The summed E-state index contributed by atoms with van der Waals surface area (Å²) < 4.78 is 31.2. The first-order chi connectivity index (χ1) is 10.6. The predicted molar refractivity (Wildman–Crippen MR) is 78.2 cm³/mol. The lowest BCUT2D eigenvalue weighted by Gasteiger charge is -2.14. The molecule has 114 valence electrons. The Hall–Kier alpha value is -2.42. The van der Waals surface area contributed by atoms with Gasteiger partial charge < -0.3 is 4.74 Å². The monoisotopic (exact) mass is 319 g/mol. The van der Waals surface area contributed by atoms with Crippen LogP contribution in [0.4, 0.5) is 4.79 Å². The van der Waals surface area contributed by atoms with Crippen molar-refractivity contribution < 1.29 is 17.9 Å². The van der Waals surface area contributed by atoms with Crippen molar-refractivity contribution >= 4 is 16.1 Å². The third-order valence-electron chi connectivity index (χ3n) is 3.06. The maximum atomic E-state index is 11.9. The zero-order chi connectivity index (χ0) is 15.6. The zero-order valence-corrected chi connectivity index (χ0v) is 12.1. The molecular formula is C14H13N3O4S. The summed E-state index contributed by atoms with van der Waals surface area (Å²) in [5.74, 6) is 0.384. The fraction of sp³-hybridized carbons (Fsp3) is 0.0714. The van der Waals surface area contributed by atoms with Crippen molar-refractivity contribution in [2.24, 2.45) is 0 Å². The molecule has 3 rings (SSSR count). The van der Waals surface area contributed by atoms with Gasteiger partial charge >= 0.3 is 6.09 Å². The Bertz CT molecular complexity index is 793. The third-order valence-corrected chi connectivity index (χ3v) is 4.56. The highest BCUT2D eigenvalue weighted by Gasteiger charge is 2.33. The van der Waals surface area contributed by atoms with Crippen LogP contribution in [0.1, 0.15) is 11.7 Å². The maximum Gasteiger partial charge on any atom is 0.427 e. The number of hydrogen-bond acceptors (Lipinski definition) is 5. The Morgan fingerprint density at radius 2 is 1.73 bits per heavy atom. The Morgan fingerprint density at radius 1 is 1.05 bits per heavy atom. The van der Waals surface area contributed by atoms with E-state index in [9.17, 15) is 13.2 Å². The largest absolute Gasteiger partial charge is 0.427 e. The highest BCUT2D eigenvalue weighted by molar-refractivity contribution is 7.89. The van der Waals surface area contributed by atoms with Crippen molar-refractivity contribution in [2.45, 2.75) is 11.1 Å². The predicted octanol–water partition coefficient (Wildman–Crippen LogP) is 1.27. The van der Waals surface area contributed by atoms with Gasteiger partial charge in [-0.05, 0) is 18.2 Å². The molecule has 3 N–H and O–H groups in total. The van der Waals surface area contributed by atoms with Crippen LogP contribution >= 0.6 is 0 Å². The Labute approximate surface area is 127 Å².